The van der Waals surface area contributed by atoms with Gasteiger partial charge in [-0.15, -0.1) is 0 Å². The fourth-order valence-electron chi connectivity index (χ4n) is 1.68. The van der Waals surface area contributed by atoms with Gasteiger partial charge >= 0.3 is 5.97 Å². The molecule has 0 saturated carbocycles. The van der Waals surface area contributed by atoms with Gasteiger partial charge < -0.3 is 29.9 Å². The summed E-state index contributed by atoms with van der Waals surface area (Å²) in [5.74, 6) is -0.489. The Morgan fingerprint density at radius 3 is 2.33 bits per heavy atom. The van der Waals surface area contributed by atoms with Crippen molar-refractivity contribution in [2.75, 3.05) is 6.61 Å². The molecule has 0 aromatic heterocycles. The van der Waals surface area contributed by atoms with Gasteiger partial charge in [-0.05, 0) is 5.92 Å². The van der Waals surface area contributed by atoms with E-state index < -0.39 is 43.3 Å². The zero-order chi connectivity index (χ0) is 13.9. The number of ether oxygens (including phenoxy) is 2. The van der Waals surface area contributed by atoms with Crippen molar-refractivity contribution in [3.05, 3.63) is 0 Å². The van der Waals surface area contributed by atoms with Crippen molar-refractivity contribution >= 4 is 5.97 Å². The summed E-state index contributed by atoms with van der Waals surface area (Å²) in [5.41, 5.74) is 0. The SMILES string of the molecule is CC(C)CC(=O)O[C@@H]1O[C@H](CO)[C@@H](O)[C@H](O)[C@H]1O. The summed E-state index contributed by atoms with van der Waals surface area (Å²) in [6.07, 6.45) is -6.83. The van der Waals surface area contributed by atoms with Crippen LogP contribution in [0.1, 0.15) is 20.3 Å². The summed E-state index contributed by atoms with van der Waals surface area (Å²) in [6.45, 7) is 3.10. The topological polar surface area (TPSA) is 116 Å². The molecule has 7 heteroatoms. The Kier molecular flexibility index (Phi) is 5.48. The first-order valence-electron chi connectivity index (χ1n) is 5.86. The molecule has 0 radical (unpaired) electrons. The van der Waals surface area contributed by atoms with E-state index in [1.54, 1.807) is 0 Å². The second-order valence-electron chi connectivity index (χ2n) is 4.79. The average Bonchev–Trinajstić information content (AvgIpc) is 2.29. The Balaban J connectivity index is 2.61. The van der Waals surface area contributed by atoms with Crippen LogP contribution in [0.15, 0.2) is 0 Å². The van der Waals surface area contributed by atoms with Crippen molar-refractivity contribution in [3.63, 3.8) is 0 Å². The molecular formula is C11H20O7. The summed E-state index contributed by atoms with van der Waals surface area (Å²) in [4.78, 5) is 11.4. The van der Waals surface area contributed by atoms with Crippen LogP contribution < -0.4 is 0 Å². The van der Waals surface area contributed by atoms with Crippen molar-refractivity contribution < 1.29 is 34.7 Å². The quantitative estimate of drug-likeness (QED) is 0.451. The first-order valence-corrected chi connectivity index (χ1v) is 5.86. The molecular weight excluding hydrogens is 244 g/mol. The van der Waals surface area contributed by atoms with Gasteiger partial charge in [0.15, 0.2) is 0 Å². The predicted octanol–water partition coefficient (Wildman–Crippen LogP) is -1.62. The summed E-state index contributed by atoms with van der Waals surface area (Å²) >= 11 is 0. The molecule has 1 rings (SSSR count). The molecule has 0 aliphatic carbocycles. The van der Waals surface area contributed by atoms with Crippen LogP contribution in [-0.4, -0.2) is 63.7 Å². The second-order valence-corrected chi connectivity index (χ2v) is 4.79. The van der Waals surface area contributed by atoms with E-state index in [0.717, 1.165) is 0 Å². The maximum atomic E-state index is 11.4. The van der Waals surface area contributed by atoms with E-state index in [1.807, 2.05) is 13.8 Å². The van der Waals surface area contributed by atoms with Crippen LogP contribution in [0.3, 0.4) is 0 Å². The van der Waals surface area contributed by atoms with Crippen molar-refractivity contribution in [1.82, 2.24) is 0 Å². The van der Waals surface area contributed by atoms with E-state index in [1.165, 1.54) is 0 Å². The van der Waals surface area contributed by atoms with Gasteiger partial charge in [0.25, 0.3) is 0 Å². The van der Waals surface area contributed by atoms with Crippen LogP contribution in [-0.2, 0) is 14.3 Å². The maximum Gasteiger partial charge on any atom is 0.308 e. The molecule has 1 heterocycles. The smallest absolute Gasteiger partial charge is 0.308 e. The molecule has 5 atom stereocenters. The lowest BCUT2D eigenvalue weighted by Gasteiger charge is -2.39. The molecule has 0 aromatic carbocycles. The minimum absolute atomic E-state index is 0.0855. The highest BCUT2D eigenvalue weighted by Gasteiger charge is 2.45. The first-order chi connectivity index (χ1) is 8.36. The molecule has 1 saturated heterocycles. The Morgan fingerprint density at radius 1 is 1.22 bits per heavy atom. The van der Waals surface area contributed by atoms with Crippen molar-refractivity contribution in [3.8, 4) is 0 Å². The zero-order valence-corrected chi connectivity index (χ0v) is 10.4. The van der Waals surface area contributed by atoms with E-state index >= 15 is 0 Å². The average molecular weight is 264 g/mol. The van der Waals surface area contributed by atoms with Crippen LogP contribution in [0.25, 0.3) is 0 Å². The largest absolute Gasteiger partial charge is 0.433 e. The summed E-state index contributed by atoms with van der Waals surface area (Å²) < 4.78 is 9.90. The molecule has 0 aromatic rings. The van der Waals surface area contributed by atoms with Gasteiger partial charge in [-0.25, -0.2) is 0 Å². The van der Waals surface area contributed by atoms with E-state index in [2.05, 4.69) is 0 Å². The van der Waals surface area contributed by atoms with E-state index in [9.17, 15) is 20.1 Å². The molecule has 0 spiro atoms. The molecule has 106 valence electrons. The number of esters is 1. The van der Waals surface area contributed by atoms with E-state index in [-0.39, 0.29) is 12.3 Å². The number of carbonyl (C=O) groups is 1. The first kappa shape index (κ1) is 15.3. The highest BCUT2D eigenvalue weighted by atomic mass is 16.7. The van der Waals surface area contributed by atoms with Gasteiger partial charge in [0.1, 0.15) is 24.4 Å². The number of hydrogen-bond donors (Lipinski definition) is 4. The van der Waals surface area contributed by atoms with Crippen molar-refractivity contribution in [1.29, 1.82) is 0 Å². The van der Waals surface area contributed by atoms with E-state index in [4.69, 9.17) is 14.6 Å². The highest BCUT2D eigenvalue weighted by molar-refractivity contribution is 5.69. The number of aliphatic hydroxyl groups is 4. The lowest BCUT2D eigenvalue weighted by Crippen LogP contribution is -2.59. The maximum absolute atomic E-state index is 11.4. The fourth-order valence-corrected chi connectivity index (χ4v) is 1.68. The minimum Gasteiger partial charge on any atom is -0.433 e. The predicted molar refractivity (Wildman–Crippen MR) is 59.3 cm³/mol. The van der Waals surface area contributed by atoms with Gasteiger partial charge in [0, 0.05) is 6.42 Å². The molecule has 18 heavy (non-hydrogen) atoms. The number of rotatable bonds is 4. The third-order valence-electron chi connectivity index (χ3n) is 2.67. The standard InChI is InChI=1S/C11H20O7/c1-5(2)3-7(13)18-11-10(16)9(15)8(14)6(4-12)17-11/h5-6,8-12,14-16H,3-4H2,1-2H3/t6-,8-,9+,10-,11+/m1/s1. The van der Waals surface area contributed by atoms with Crippen molar-refractivity contribution in [2.45, 2.75) is 51.0 Å². The number of aliphatic hydroxyl groups excluding tert-OH is 4. The normalized spacial score (nSPS) is 36.7. The summed E-state index contributed by atoms with van der Waals surface area (Å²) in [7, 11) is 0. The monoisotopic (exact) mass is 264 g/mol. The van der Waals surface area contributed by atoms with Gasteiger partial charge in [-0.3, -0.25) is 4.79 Å². The lowest BCUT2D eigenvalue weighted by molar-refractivity contribution is -0.292. The second kappa shape index (κ2) is 6.44. The van der Waals surface area contributed by atoms with Crippen LogP contribution >= 0.6 is 0 Å². The van der Waals surface area contributed by atoms with Crippen LogP contribution in [0.5, 0.6) is 0 Å². The molecule has 0 bridgehead atoms. The zero-order valence-electron chi connectivity index (χ0n) is 10.4. The van der Waals surface area contributed by atoms with E-state index in [0.29, 0.717) is 0 Å². The minimum atomic E-state index is -1.54. The molecule has 4 N–H and O–H groups in total. The highest BCUT2D eigenvalue weighted by Crippen LogP contribution is 2.22. The fraction of sp³-hybridized carbons (Fsp3) is 0.909. The summed E-state index contributed by atoms with van der Waals surface area (Å²) in [5, 5.41) is 37.6. The van der Waals surface area contributed by atoms with Crippen LogP contribution in [0.4, 0.5) is 0 Å². The molecule has 0 amide bonds. The lowest BCUT2D eigenvalue weighted by atomic mass is 9.99. The van der Waals surface area contributed by atoms with Crippen molar-refractivity contribution in [2.24, 2.45) is 5.92 Å². The van der Waals surface area contributed by atoms with Gasteiger partial charge in [-0.2, -0.15) is 0 Å². The number of hydrogen-bond acceptors (Lipinski definition) is 7. The Bertz CT molecular complexity index is 279. The molecule has 1 aliphatic heterocycles. The molecule has 0 unspecified atom stereocenters. The Hall–Kier alpha value is -0.730. The molecule has 1 aliphatic rings. The van der Waals surface area contributed by atoms with Gasteiger partial charge in [-0.1, -0.05) is 13.8 Å². The molecule has 7 nitrogen and oxygen atoms in total. The van der Waals surface area contributed by atoms with Crippen LogP contribution in [0.2, 0.25) is 0 Å². The van der Waals surface area contributed by atoms with Gasteiger partial charge in [0.2, 0.25) is 6.29 Å². The van der Waals surface area contributed by atoms with Crippen LogP contribution in [0, 0.1) is 5.92 Å². The third-order valence-corrected chi connectivity index (χ3v) is 2.67. The molecule has 1 fully saturated rings. The van der Waals surface area contributed by atoms with Gasteiger partial charge in [0.05, 0.1) is 6.61 Å². The Morgan fingerprint density at radius 2 is 1.83 bits per heavy atom. The third kappa shape index (κ3) is 3.63. The number of carbonyl (C=O) groups excluding carboxylic acids is 1. The summed E-state index contributed by atoms with van der Waals surface area (Å²) in [6, 6.07) is 0. The Labute approximate surface area is 105 Å².